The van der Waals surface area contributed by atoms with E-state index in [4.69, 9.17) is 4.74 Å². The fourth-order valence-corrected chi connectivity index (χ4v) is 1.98. The first-order chi connectivity index (χ1) is 7.40. The smallest absolute Gasteiger partial charge is 0.149 e. The van der Waals surface area contributed by atoms with Crippen molar-refractivity contribution in [3.63, 3.8) is 0 Å². The summed E-state index contributed by atoms with van der Waals surface area (Å²) in [5.41, 5.74) is 0.839. The number of rotatable bonds is 4. The highest BCUT2D eigenvalue weighted by molar-refractivity contribution is 7.99. The van der Waals surface area contributed by atoms with Gasteiger partial charge in [0, 0.05) is 12.0 Å². The van der Waals surface area contributed by atoms with Crippen LogP contribution in [-0.4, -0.2) is 22.5 Å². The van der Waals surface area contributed by atoms with E-state index in [2.05, 4.69) is 15.4 Å². The molecule has 1 heterocycles. The molecule has 0 saturated carbocycles. The number of hydrogen-bond acceptors (Lipinski definition) is 4. The third-order valence-corrected chi connectivity index (χ3v) is 2.85. The van der Waals surface area contributed by atoms with Gasteiger partial charge in [0.25, 0.3) is 0 Å². The fraction of sp³-hybridized carbons (Fsp3) is 0.200. The van der Waals surface area contributed by atoms with Gasteiger partial charge in [0.15, 0.2) is 0 Å². The highest BCUT2D eigenvalue weighted by Gasteiger charge is 2.08. The van der Waals surface area contributed by atoms with Crippen LogP contribution in [0.15, 0.2) is 40.3 Å². The van der Waals surface area contributed by atoms with Gasteiger partial charge < -0.3 is 4.74 Å². The van der Waals surface area contributed by atoms with E-state index in [1.807, 2.05) is 30.3 Å². The lowest BCUT2D eigenvalue weighted by Crippen LogP contribution is -1.89. The SMILES string of the molecule is COCc1n[nH]nc1Sc1ccccc1. The van der Waals surface area contributed by atoms with Crippen molar-refractivity contribution >= 4 is 11.8 Å². The Labute approximate surface area is 92.0 Å². The Morgan fingerprint density at radius 2 is 2.07 bits per heavy atom. The maximum Gasteiger partial charge on any atom is 0.149 e. The molecule has 0 unspecified atom stereocenters. The van der Waals surface area contributed by atoms with Gasteiger partial charge in [-0.05, 0) is 12.1 Å². The molecule has 1 N–H and O–H groups in total. The Balaban J connectivity index is 2.14. The van der Waals surface area contributed by atoms with Crippen LogP contribution in [0.2, 0.25) is 0 Å². The topological polar surface area (TPSA) is 50.8 Å². The largest absolute Gasteiger partial charge is 0.378 e. The van der Waals surface area contributed by atoms with Gasteiger partial charge in [-0.15, -0.1) is 5.10 Å². The average molecular weight is 221 g/mol. The fourth-order valence-electron chi connectivity index (χ4n) is 1.16. The van der Waals surface area contributed by atoms with Crippen molar-refractivity contribution in [1.82, 2.24) is 15.4 Å². The molecule has 0 amide bonds. The molecule has 0 spiro atoms. The number of hydrogen-bond donors (Lipinski definition) is 1. The molecule has 15 heavy (non-hydrogen) atoms. The molecule has 2 aromatic rings. The minimum atomic E-state index is 0.478. The first kappa shape index (κ1) is 10.2. The van der Waals surface area contributed by atoms with Crippen molar-refractivity contribution in [3.8, 4) is 0 Å². The van der Waals surface area contributed by atoms with Gasteiger partial charge in [-0.1, -0.05) is 30.0 Å². The lowest BCUT2D eigenvalue weighted by atomic mass is 10.4. The zero-order chi connectivity index (χ0) is 10.5. The predicted molar refractivity (Wildman–Crippen MR) is 57.7 cm³/mol. The molecule has 0 atom stereocenters. The number of nitrogens with zero attached hydrogens (tertiary/aromatic N) is 2. The maximum atomic E-state index is 5.03. The second-order valence-corrected chi connectivity index (χ2v) is 3.99. The molecule has 0 saturated heterocycles. The second-order valence-electron chi connectivity index (χ2n) is 2.92. The van der Waals surface area contributed by atoms with Crippen LogP contribution in [-0.2, 0) is 11.3 Å². The minimum Gasteiger partial charge on any atom is -0.378 e. The van der Waals surface area contributed by atoms with Crippen molar-refractivity contribution in [2.24, 2.45) is 0 Å². The standard InChI is InChI=1S/C10H11N3OS/c1-14-7-9-10(12-13-11-9)15-8-5-3-2-4-6-8/h2-6H,7H2,1H3,(H,11,12,13). The lowest BCUT2D eigenvalue weighted by molar-refractivity contribution is 0.179. The number of aromatic amines is 1. The van der Waals surface area contributed by atoms with Gasteiger partial charge in [-0.2, -0.15) is 10.3 Å². The van der Waals surface area contributed by atoms with Crippen LogP contribution in [0, 0.1) is 0 Å². The Kier molecular flexibility index (Phi) is 3.37. The summed E-state index contributed by atoms with van der Waals surface area (Å²) in [6.07, 6.45) is 0. The highest BCUT2D eigenvalue weighted by atomic mass is 32.2. The van der Waals surface area contributed by atoms with Gasteiger partial charge in [0.1, 0.15) is 10.7 Å². The number of aromatic nitrogens is 3. The summed E-state index contributed by atoms with van der Waals surface area (Å²) in [6, 6.07) is 10.1. The molecular weight excluding hydrogens is 210 g/mol. The van der Waals surface area contributed by atoms with Crippen LogP contribution < -0.4 is 0 Å². The summed E-state index contributed by atoms with van der Waals surface area (Å²) in [5, 5.41) is 11.6. The van der Waals surface area contributed by atoms with Crippen LogP contribution in [0.25, 0.3) is 0 Å². The summed E-state index contributed by atoms with van der Waals surface area (Å²) in [5.74, 6) is 0. The van der Waals surface area contributed by atoms with Crippen molar-refractivity contribution in [2.45, 2.75) is 16.5 Å². The second kappa shape index (κ2) is 4.95. The van der Waals surface area contributed by atoms with Crippen LogP contribution in [0.5, 0.6) is 0 Å². The Morgan fingerprint density at radius 3 is 2.80 bits per heavy atom. The first-order valence-corrected chi connectivity index (χ1v) is 5.33. The summed E-state index contributed by atoms with van der Waals surface area (Å²) in [7, 11) is 1.64. The molecule has 0 aliphatic carbocycles. The molecule has 1 aromatic heterocycles. The van der Waals surface area contributed by atoms with E-state index >= 15 is 0 Å². The first-order valence-electron chi connectivity index (χ1n) is 4.51. The summed E-state index contributed by atoms with van der Waals surface area (Å²) in [6.45, 7) is 0.478. The molecule has 0 fully saturated rings. The summed E-state index contributed by atoms with van der Waals surface area (Å²) < 4.78 is 5.03. The Morgan fingerprint density at radius 1 is 1.27 bits per heavy atom. The van der Waals surface area contributed by atoms with Crippen molar-refractivity contribution in [2.75, 3.05) is 7.11 Å². The molecule has 1 aromatic carbocycles. The van der Waals surface area contributed by atoms with E-state index in [1.165, 1.54) is 0 Å². The monoisotopic (exact) mass is 221 g/mol. The molecule has 0 bridgehead atoms. The number of H-pyrrole nitrogens is 1. The quantitative estimate of drug-likeness (QED) is 0.859. The van der Waals surface area contributed by atoms with Crippen LogP contribution in [0.4, 0.5) is 0 Å². The van der Waals surface area contributed by atoms with E-state index < -0.39 is 0 Å². The van der Waals surface area contributed by atoms with E-state index in [1.54, 1.807) is 18.9 Å². The number of ether oxygens (including phenoxy) is 1. The molecule has 2 rings (SSSR count). The van der Waals surface area contributed by atoms with Gasteiger partial charge >= 0.3 is 0 Å². The Bertz CT molecular complexity index is 416. The molecule has 4 nitrogen and oxygen atoms in total. The normalized spacial score (nSPS) is 10.5. The van der Waals surface area contributed by atoms with E-state index in [-0.39, 0.29) is 0 Å². The maximum absolute atomic E-state index is 5.03. The van der Waals surface area contributed by atoms with Crippen LogP contribution in [0.1, 0.15) is 5.69 Å². The average Bonchev–Trinajstić information content (AvgIpc) is 2.68. The number of benzene rings is 1. The van der Waals surface area contributed by atoms with E-state index in [9.17, 15) is 0 Å². The summed E-state index contributed by atoms with van der Waals surface area (Å²) in [4.78, 5) is 1.14. The molecule has 5 heteroatoms. The van der Waals surface area contributed by atoms with E-state index in [0.29, 0.717) is 6.61 Å². The zero-order valence-corrected chi connectivity index (χ0v) is 9.12. The van der Waals surface area contributed by atoms with Gasteiger partial charge in [-0.25, -0.2) is 0 Å². The predicted octanol–water partition coefficient (Wildman–Crippen LogP) is 2.10. The molecule has 78 valence electrons. The van der Waals surface area contributed by atoms with Crippen LogP contribution >= 0.6 is 11.8 Å². The van der Waals surface area contributed by atoms with Crippen molar-refractivity contribution in [1.29, 1.82) is 0 Å². The van der Waals surface area contributed by atoms with E-state index in [0.717, 1.165) is 15.6 Å². The summed E-state index contributed by atoms with van der Waals surface area (Å²) >= 11 is 1.58. The van der Waals surface area contributed by atoms with Gasteiger partial charge in [0.05, 0.1) is 6.61 Å². The molecule has 0 aliphatic rings. The van der Waals surface area contributed by atoms with Gasteiger partial charge in [0.2, 0.25) is 0 Å². The number of nitrogens with one attached hydrogen (secondary N) is 1. The van der Waals surface area contributed by atoms with Gasteiger partial charge in [-0.3, -0.25) is 0 Å². The van der Waals surface area contributed by atoms with Crippen molar-refractivity contribution < 1.29 is 4.74 Å². The third kappa shape index (κ3) is 2.57. The lowest BCUT2D eigenvalue weighted by Gasteiger charge is -1.99. The molecule has 0 radical (unpaired) electrons. The Hall–Kier alpha value is -1.33. The zero-order valence-electron chi connectivity index (χ0n) is 8.30. The molecule has 0 aliphatic heterocycles. The van der Waals surface area contributed by atoms with Crippen LogP contribution in [0.3, 0.4) is 0 Å². The third-order valence-electron chi connectivity index (χ3n) is 1.82. The minimum absolute atomic E-state index is 0.478. The molecular formula is C10H11N3OS. The number of methoxy groups -OCH3 is 1. The van der Waals surface area contributed by atoms with Crippen molar-refractivity contribution in [3.05, 3.63) is 36.0 Å². The highest BCUT2D eigenvalue weighted by Crippen LogP contribution is 2.27.